The smallest absolute Gasteiger partial charge is 0.320 e. The van der Waals surface area contributed by atoms with Crippen molar-refractivity contribution in [1.29, 1.82) is 0 Å². The molecule has 1 saturated carbocycles. The Morgan fingerprint density at radius 2 is 1.90 bits per heavy atom. The Morgan fingerprint density at radius 1 is 1.30 bits per heavy atom. The van der Waals surface area contributed by atoms with Gasteiger partial charge in [0.15, 0.2) is 0 Å². The minimum Gasteiger partial charge on any atom is -0.481 e. The predicted molar refractivity (Wildman–Crippen MR) is 73.3 cm³/mol. The number of hydrogen-bond acceptors (Lipinski definition) is 3. The number of carboxylic acid groups (broad SMARTS) is 1. The maximum absolute atomic E-state index is 12.2. The van der Waals surface area contributed by atoms with E-state index < -0.39 is 5.97 Å². The number of hydrogen-bond donors (Lipinski definition) is 2. The van der Waals surface area contributed by atoms with Gasteiger partial charge in [0.2, 0.25) is 5.91 Å². The first-order valence-electron chi connectivity index (χ1n) is 6.84. The van der Waals surface area contributed by atoms with E-state index in [0.29, 0.717) is 0 Å². The third kappa shape index (κ3) is 5.46. The van der Waals surface area contributed by atoms with E-state index in [1.165, 1.54) is 4.90 Å². The van der Waals surface area contributed by atoms with Crippen molar-refractivity contribution in [1.82, 2.24) is 15.1 Å². The van der Waals surface area contributed by atoms with E-state index in [-0.39, 0.29) is 43.5 Å². The van der Waals surface area contributed by atoms with Gasteiger partial charge in [0.05, 0.1) is 6.42 Å². The first-order valence-corrected chi connectivity index (χ1v) is 6.84. The van der Waals surface area contributed by atoms with E-state index in [2.05, 4.69) is 5.32 Å². The molecular weight excluding hydrogens is 262 g/mol. The highest BCUT2D eigenvalue weighted by Gasteiger charge is 2.34. The number of urea groups is 1. The summed E-state index contributed by atoms with van der Waals surface area (Å²) in [5.41, 5.74) is 0. The van der Waals surface area contributed by atoms with Gasteiger partial charge in [-0.15, -0.1) is 0 Å². The van der Waals surface area contributed by atoms with Crippen LogP contribution in [-0.4, -0.2) is 65.0 Å². The standard InChI is InChI=1S/C13H23N3O4/c1-9(2)14-11(17)8-15(3)13(20)16(10-4-5-10)7-6-12(18)19/h9-10H,4-8H2,1-3H3,(H,14,17)(H,18,19). The van der Waals surface area contributed by atoms with Crippen LogP contribution in [0, 0.1) is 0 Å². The maximum Gasteiger partial charge on any atom is 0.320 e. The highest BCUT2D eigenvalue weighted by molar-refractivity contribution is 5.84. The molecule has 0 radical (unpaired) electrons. The summed E-state index contributed by atoms with van der Waals surface area (Å²) in [4.78, 5) is 37.4. The lowest BCUT2D eigenvalue weighted by molar-refractivity contribution is -0.137. The van der Waals surface area contributed by atoms with Crippen LogP contribution in [0.3, 0.4) is 0 Å². The van der Waals surface area contributed by atoms with Crippen molar-refractivity contribution in [3.63, 3.8) is 0 Å². The van der Waals surface area contributed by atoms with Crippen LogP contribution in [0.25, 0.3) is 0 Å². The Balaban J connectivity index is 2.51. The number of carbonyl (C=O) groups is 3. The molecule has 0 spiro atoms. The van der Waals surface area contributed by atoms with Crippen LogP contribution >= 0.6 is 0 Å². The number of nitrogens with one attached hydrogen (secondary N) is 1. The molecular formula is C13H23N3O4. The van der Waals surface area contributed by atoms with E-state index in [9.17, 15) is 14.4 Å². The minimum atomic E-state index is -0.927. The molecule has 1 aliphatic rings. The van der Waals surface area contributed by atoms with Gasteiger partial charge in [0.25, 0.3) is 0 Å². The Bertz CT molecular complexity index is 380. The third-order valence-electron chi connectivity index (χ3n) is 2.96. The molecule has 1 rings (SSSR count). The molecule has 0 aromatic heterocycles. The molecule has 1 aliphatic carbocycles. The molecule has 1 fully saturated rings. The van der Waals surface area contributed by atoms with Gasteiger partial charge < -0.3 is 20.2 Å². The second-order valence-electron chi connectivity index (χ2n) is 5.43. The molecule has 0 aromatic rings. The van der Waals surface area contributed by atoms with Gasteiger partial charge in [-0.1, -0.05) is 0 Å². The van der Waals surface area contributed by atoms with Crippen molar-refractivity contribution < 1.29 is 19.5 Å². The monoisotopic (exact) mass is 285 g/mol. The molecule has 0 aromatic carbocycles. The number of amides is 3. The normalized spacial score (nSPS) is 14.0. The highest BCUT2D eigenvalue weighted by atomic mass is 16.4. The summed E-state index contributed by atoms with van der Waals surface area (Å²) in [6, 6.07) is -0.136. The Hall–Kier alpha value is -1.79. The molecule has 7 nitrogen and oxygen atoms in total. The highest BCUT2D eigenvalue weighted by Crippen LogP contribution is 2.27. The number of rotatable bonds is 7. The molecule has 3 amide bonds. The quantitative estimate of drug-likeness (QED) is 0.713. The van der Waals surface area contributed by atoms with Crippen molar-refractivity contribution in [2.45, 2.75) is 45.2 Å². The van der Waals surface area contributed by atoms with Crippen molar-refractivity contribution in [3.05, 3.63) is 0 Å². The molecule has 2 N–H and O–H groups in total. The Morgan fingerprint density at radius 3 is 2.35 bits per heavy atom. The van der Waals surface area contributed by atoms with E-state index in [1.54, 1.807) is 11.9 Å². The summed E-state index contributed by atoms with van der Waals surface area (Å²) in [6.45, 7) is 3.87. The number of likely N-dealkylation sites (N-methyl/N-ethyl adjacent to an activating group) is 1. The zero-order valence-electron chi connectivity index (χ0n) is 12.3. The Kier molecular flexibility index (Phi) is 5.79. The number of nitrogens with zero attached hydrogens (tertiary/aromatic N) is 2. The topological polar surface area (TPSA) is 90.0 Å². The van der Waals surface area contributed by atoms with E-state index >= 15 is 0 Å². The number of aliphatic carboxylic acids is 1. The summed E-state index contributed by atoms with van der Waals surface area (Å²) in [7, 11) is 1.55. The van der Waals surface area contributed by atoms with Crippen LogP contribution in [0.2, 0.25) is 0 Å². The predicted octanol–water partition coefficient (Wildman–Crippen LogP) is 0.502. The third-order valence-corrected chi connectivity index (χ3v) is 2.96. The first kappa shape index (κ1) is 16.3. The maximum atomic E-state index is 12.2. The zero-order valence-corrected chi connectivity index (χ0v) is 12.3. The van der Waals surface area contributed by atoms with E-state index in [1.807, 2.05) is 13.8 Å². The van der Waals surface area contributed by atoms with Crippen LogP contribution in [-0.2, 0) is 9.59 Å². The minimum absolute atomic E-state index is 0.0205. The lowest BCUT2D eigenvalue weighted by atomic mass is 10.3. The van der Waals surface area contributed by atoms with Gasteiger partial charge in [0.1, 0.15) is 6.54 Å². The fourth-order valence-corrected chi connectivity index (χ4v) is 1.91. The van der Waals surface area contributed by atoms with Gasteiger partial charge in [0, 0.05) is 25.7 Å². The molecule has 0 atom stereocenters. The molecule has 114 valence electrons. The van der Waals surface area contributed by atoms with Gasteiger partial charge in [-0.2, -0.15) is 0 Å². The van der Waals surface area contributed by atoms with Gasteiger partial charge in [-0.25, -0.2) is 4.79 Å². The molecule has 0 bridgehead atoms. The van der Waals surface area contributed by atoms with Crippen LogP contribution in [0.4, 0.5) is 4.79 Å². The van der Waals surface area contributed by atoms with Gasteiger partial charge in [-0.05, 0) is 26.7 Å². The van der Waals surface area contributed by atoms with Crippen LogP contribution in [0.1, 0.15) is 33.1 Å². The van der Waals surface area contributed by atoms with Crippen LogP contribution in [0.15, 0.2) is 0 Å². The second kappa shape index (κ2) is 7.12. The molecule has 0 saturated heterocycles. The van der Waals surface area contributed by atoms with Crippen molar-refractivity contribution in [2.24, 2.45) is 0 Å². The van der Waals surface area contributed by atoms with Gasteiger partial charge in [-0.3, -0.25) is 9.59 Å². The summed E-state index contributed by atoms with van der Waals surface area (Å²) < 4.78 is 0. The average Bonchev–Trinajstić information content (AvgIpc) is 3.11. The van der Waals surface area contributed by atoms with Crippen molar-refractivity contribution in [3.8, 4) is 0 Å². The summed E-state index contributed by atoms with van der Waals surface area (Å²) >= 11 is 0. The molecule has 0 unspecified atom stereocenters. The van der Waals surface area contributed by atoms with E-state index in [0.717, 1.165) is 12.8 Å². The summed E-state index contributed by atoms with van der Waals surface area (Å²) in [5, 5.41) is 11.4. The molecule has 20 heavy (non-hydrogen) atoms. The molecule has 7 heteroatoms. The second-order valence-corrected chi connectivity index (χ2v) is 5.43. The lowest BCUT2D eigenvalue weighted by Crippen LogP contribution is -2.47. The van der Waals surface area contributed by atoms with Crippen LogP contribution < -0.4 is 5.32 Å². The zero-order chi connectivity index (χ0) is 15.3. The Labute approximate surface area is 118 Å². The summed E-state index contributed by atoms with van der Waals surface area (Å²) in [5.74, 6) is -1.14. The first-order chi connectivity index (χ1) is 9.31. The fourth-order valence-electron chi connectivity index (χ4n) is 1.91. The number of carbonyl (C=O) groups excluding carboxylic acids is 2. The van der Waals surface area contributed by atoms with Crippen molar-refractivity contribution >= 4 is 17.9 Å². The SMILES string of the molecule is CC(C)NC(=O)CN(C)C(=O)N(CCC(=O)O)C1CC1. The van der Waals surface area contributed by atoms with Gasteiger partial charge >= 0.3 is 12.0 Å². The van der Waals surface area contributed by atoms with E-state index in [4.69, 9.17) is 5.11 Å². The largest absolute Gasteiger partial charge is 0.481 e. The molecule has 0 heterocycles. The molecule has 0 aliphatic heterocycles. The average molecular weight is 285 g/mol. The number of carboxylic acids is 1. The summed E-state index contributed by atoms with van der Waals surface area (Å²) in [6.07, 6.45) is 1.73. The van der Waals surface area contributed by atoms with Crippen molar-refractivity contribution in [2.75, 3.05) is 20.1 Å². The lowest BCUT2D eigenvalue weighted by Gasteiger charge is -2.27. The van der Waals surface area contributed by atoms with Crippen LogP contribution in [0.5, 0.6) is 0 Å². The fraction of sp³-hybridized carbons (Fsp3) is 0.769.